The van der Waals surface area contributed by atoms with Gasteiger partial charge in [0.15, 0.2) is 11.6 Å². The first-order chi connectivity index (χ1) is 9.92. The van der Waals surface area contributed by atoms with Gasteiger partial charge in [-0.3, -0.25) is 4.18 Å². The van der Waals surface area contributed by atoms with Gasteiger partial charge >= 0.3 is 10.3 Å². The van der Waals surface area contributed by atoms with Crippen LogP contribution in [0.25, 0.3) is 0 Å². The Morgan fingerprint density at radius 3 is 2.45 bits per heavy atom. The predicted molar refractivity (Wildman–Crippen MR) is 71.6 cm³/mol. The average Bonchev–Trinajstić information content (AvgIpc) is 2.78. The standard InChI is InChI=1S/C12H21NO8S/c1-10(2)18-7-5-16-12(6-17-22(13,14)15)9(8(7)19-10)20-11(3,4)21-12/h7-9H,5-6H2,1-4H3,(H2,13,14,15)/t7-,8-,9-,12-/m0/s1. The van der Waals surface area contributed by atoms with Crippen molar-refractivity contribution in [2.45, 2.75) is 63.4 Å². The van der Waals surface area contributed by atoms with Crippen molar-refractivity contribution in [1.82, 2.24) is 0 Å². The zero-order chi connectivity index (χ0) is 16.4. The Morgan fingerprint density at radius 2 is 1.82 bits per heavy atom. The summed E-state index contributed by atoms with van der Waals surface area (Å²) in [6, 6.07) is 0. The highest BCUT2D eigenvalue weighted by molar-refractivity contribution is 7.84. The molecule has 3 heterocycles. The second kappa shape index (κ2) is 4.84. The normalized spacial score (nSPS) is 42.9. The average molecular weight is 339 g/mol. The third-order valence-electron chi connectivity index (χ3n) is 3.70. The van der Waals surface area contributed by atoms with E-state index >= 15 is 0 Å². The maximum Gasteiger partial charge on any atom is 0.333 e. The van der Waals surface area contributed by atoms with Crippen LogP contribution in [0.2, 0.25) is 0 Å². The molecule has 3 aliphatic heterocycles. The van der Waals surface area contributed by atoms with E-state index < -0.39 is 46.5 Å². The summed E-state index contributed by atoms with van der Waals surface area (Å²) in [5.74, 6) is -3.19. The van der Waals surface area contributed by atoms with E-state index in [0.29, 0.717) is 0 Å². The number of ether oxygens (including phenoxy) is 5. The first-order valence-corrected chi connectivity index (χ1v) is 8.43. The minimum absolute atomic E-state index is 0.165. The molecule has 128 valence electrons. The summed E-state index contributed by atoms with van der Waals surface area (Å²) in [6.07, 6.45) is -1.50. The van der Waals surface area contributed by atoms with Crippen molar-refractivity contribution in [2.24, 2.45) is 5.14 Å². The van der Waals surface area contributed by atoms with Gasteiger partial charge in [0, 0.05) is 0 Å². The molecule has 0 aromatic rings. The van der Waals surface area contributed by atoms with Gasteiger partial charge in [0.1, 0.15) is 24.9 Å². The van der Waals surface area contributed by atoms with Gasteiger partial charge in [0.05, 0.1) is 6.61 Å². The fourth-order valence-corrected chi connectivity index (χ4v) is 3.44. The molecule has 0 saturated carbocycles. The molecule has 0 spiro atoms. The third-order valence-corrected chi connectivity index (χ3v) is 4.15. The lowest BCUT2D eigenvalue weighted by molar-refractivity contribution is -0.290. The molecule has 2 N–H and O–H groups in total. The van der Waals surface area contributed by atoms with E-state index in [1.807, 2.05) is 0 Å². The molecular formula is C12H21NO8S. The lowest BCUT2D eigenvalue weighted by atomic mass is 9.98. The van der Waals surface area contributed by atoms with Crippen molar-refractivity contribution in [3.8, 4) is 0 Å². The fourth-order valence-electron chi connectivity index (χ4n) is 3.11. The molecule has 0 aliphatic carbocycles. The minimum atomic E-state index is -4.14. The Morgan fingerprint density at radius 1 is 1.14 bits per heavy atom. The zero-order valence-electron chi connectivity index (χ0n) is 12.9. The largest absolute Gasteiger partial charge is 0.343 e. The lowest BCUT2D eigenvalue weighted by Crippen LogP contribution is -2.60. The number of fused-ring (bicyclic) bond motifs is 3. The summed E-state index contributed by atoms with van der Waals surface area (Å²) in [5.41, 5.74) is 0. The van der Waals surface area contributed by atoms with Gasteiger partial charge in [0.25, 0.3) is 0 Å². The molecule has 0 unspecified atom stereocenters. The summed E-state index contributed by atoms with van der Waals surface area (Å²) < 4.78 is 55.9. The van der Waals surface area contributed by atoms with Crippen LogP contribution in [0, 0.1) is 0 Å². The molecule has 3 rings (SSSR count). The van der Waals surface area contributed by atoms with Gasteiger partial charge in [-0.25, -0.2) is 5.14 Å². The maximum absolute atomic E-state index is 11.1. The summed E-state index contributed by atoms with van der Waals surface area (Å²) in [4.78, 5) is 0. The van der Waals surface area contributed by atoms with Crippen molar-refractivity contribution < 1.29 is 36.3 Å². The molecule has 3 saturated heterocycles. The Kier molecular flexibility index (Phi) is 3.63. The van der Waals surface area contributed by atoms with E-state index in [1.54, 1.807) is 27.7 Å². The van der Waals surface area contributed by atoms with Crippen LogP contribution in [0.1, 0.15) is 27.7 Å². The molecule has 4 atom stereocenters. The fraction of sp³-hybridized carbons (Fsp3) is 1.00. The van der Waals surface area contributed by atoms with Crippen molar-refractivity contribution >= 4 is 10.3 Å². The summed E-state index contributed by atoms with van der Waals surface area (Å²) in [5, 5.41) is 4.89. The third kappa shape index (κ3) is 3.02. The van der Waals surface area contributed by atoms with Gasteiger partial charge < -0.3 is 23.7 Å². The second-order valence-corrected chi connectivity index (χ2v) is 7.78. The summed E-state index contributed by atoms with van der Waals surface area (Å²) >= 11 is 0. The van der Waals surface area contributed by atoms with Crippen LogP contribution in [-0.4, -0.2) is 57.3 Å². The van der Waals surface area contributed by atoms with E-state index in [4.69, 9.17) is 33.0 Å². The van der Waals surface area contributed by atoms with E-state index in [9.17, 15) is 8.42 Å². The smallest absolute Gasteiger partial charge is 0.333 e. The topological polar surface area (TPSA) is 116 Å². The minimum Gasteiger partial charge on any atom is -0.343 e. The van der Waals surface area contributed by atoms with Gasteiger partial charge in [0.2, 0.25) is 5.79 Å². The first kappa shape index (κ1) is 16.5. The summed E-state index contributed by atoms with van der Waals surface area (Å²) in [7, 11) is -4.14. The number of hydrogen-bond donors (Lipinski definition) is 1. The second-order valence-electron chi connectivity index (χ2n) is 6.56. The molecule has 9 nitrogen and oxygen atoms in total. The molecule has 0 aromatic heterocycles. The molecule has 0 aromatic carbocycles. The summed E-state index contributed by atoms with van der Waals surface area (Å²) in [6.45, 7) is 6.71. The van der Waals surface area contributed by atoms with Crippen LogP contribution in [0.3, 0.4) is 0 Å². The van der Waals surface area contributed by atoms with Gasteiger partial charge in [-0.2, -0.15) is 8.42 Å². The van der Waals surface area contributed by atoms with E-state index in [1.165, 1.54) is 0 Å². The highest BCUT2D eigenvalue weighted by Gasteiger charge is 2.65. The van der Waals surface area contributed by atoms with Crippen molar-refractivity contribution in [3.63, 3.8) is 0 Å². The Labute approximate surface area is 129 Å². The lowest BCUT2D eigenvalue weighted by Gasteiger charge is -2.40. The molecular weight excluding hydrogens is 318 g/mol. The molecule has 10 heteroatoms. The Balaban J connectivity index is 1.87. The molecule has 3 fully saturated rings. The number of rotatable bonds is 3. The van der Waals surface area contributed by atoms with Crippen LogP contribution in [-0.2, 0) is 38.2 Å². The zero-order valence-corrected chi connectivity index (χ0v) is 13.7. The van der Waals surface area contributed by atoms with Crippen LogP contribution in [0.4, 0.5) is 0 Å². The monoisotopic (exact) mass is 339 g/mol. The van der Waals surface area contributed by atoms with E-state index in [0.717, 1.165) is 0 Å². The first-order valence-electron chi connectivity index (χ1n) is 6.96. The molecule has 0 radical (unpaired) electrons. The highest BCUT2D eigenvalue weighted by atomic mass is 32.2. The van der Waals surface area contributed by atoms with Crippen LogP contribution in [0.15, 0.2) is 0 Å². The van der Waals surface area contributed by atoms with E-state index in [2.05, 4.69) is 0 Å². The van der Waals surface area contributed by atoms with Crippen molar-refractivity contribution in [3.05, 3.63) is 0 Å². The molecule has 22 heavy (non-hydrogen) atoms. The Hall–Kier alpha value is -0.330. The van der Waals surface area contributed by atoms with Crippen molar-refractivity contribution in [1.29, 1.82) is 0 Å². The van der Waals surface area contributed by atoms with Gasteiger partial charge in [-0.1, -0.05) is 0 Å². The van der Waals surface area contributed by atoms with Gasteiger partial charge in [-0.15, -0.1) is 0 Å². The maximum atomic E-state index is 11.1. The molecule has 0 bridgehead atoms. The van der Waals surface area contributed by atoms with Crippen LogP contribution >= 0.6 is 0 Å². The van der Waals surface area contributed by atoms with Crippen LogP contribution < -0.4 is 5.14 Å². The SMILES string of the molecule is CC1(C)O[C@H]2[C@H](CO[C@@]3(COS(N)(=O)=O)OC(C)(C)O[C@@H]23)O1. The predicted octanol–water partition coefficient (Wildman–Crippen LogP) is -0.395. The molecule has 3 aliphatic rings. The number of hydrogen-bond acceptors (Lipinski definition) is 8. The van der Waals surface area contributed by atoms with Crippen LogP contribution in [0.5, 0.6) is 0 Å². The van der Waals surface area contributed by atoms with Crippen molar-refractivity contribution in [2.75, 3.05) is 13.2 Å². The number of nitrogens with two attached hydrogens (primary N) is 1. The van der Waals surface area contributed by atoms with E-state index in [-0.39, 0.29) is 12.7 Å². The Bertz CT molecular complexity index is 561. The van der Waals surface area contributed by atoms with Gasteiger partial charge in [-0.05, 0) is 27.7 Å². The molecule has 0 amide bonds. The highest BCUT2D eigenvalue weighted by Crippen LogP contribution is 2.47. The quantitative estimate of drug-likeness (QED) is 0.739.